The maximum absolute atomic E-state index is 14.1. The number of hydrogen-bond donors (Lipinski definition) is 2. The predicted octanol–water partition coefficient (Wildman–Crippen LogP) is 6.28. The molecule has 0 radical (unpaired) electrons. The number of ether oxygens (including phenoxy) is 1. The van der Waals surface area contributed by atoms with Crippen molar-refractivity contribution in [3.63, 3.8) is 0 Å². The highest BCUT2D eigenvalue weighted by atomic mass is 16.6. The Morgan fingerprint density at radius 3 is 2.42 bits per heavy atom. The van der Waals surface area contributed by atoms with Crippen LogP contribution in [0.3, 0.4) is 0 Å². The first-order valence-electron chi connectivity index (χ1n) is 13.1. The van der Waals surface area contributed by atoms with E-state index >= 15 is 0 Å². The lowest BCUT2D eigenvalue weighted by molar-refractivity contribution is -0.137. The van der Waals surface area contributed by atoms with Crippen molar-refractivity contribution in [3.05, 3.63) is 69.3 Å². The van der Waals surface area contributed by atoms with Gasteiger partial charge in [-0.2, -0.15) is 0 Å². The summed E-state index contributed by atoms with van der Waals surface area (Å²) in [7, 11) is 0. The van der Waals surface area contributed by atoms with E-state index in [1.807, 2.05) is 27.0 Å². The van der Waals surface area contributed by atoms with Crippen molar-refractivity contribution < 1.29 is 19.4 Å². The first-order valence-corrected chi connectivity index (χ1v) is 13.1. The number of aromatic amines is 1. The van der Waals surface area contributed by atoms with Gasteiger partial charge in [-0.25, -0.2) is 9.59 Å². The molecule has 38 heavy (non-hydrogen) atoms. The number of esters is 1. The molecule has 4 aromatic rings. The molecule has 0 bridgehead atoms. The lowest BCUT2D eigenvalue weighted by Gasteiger charge is -2.20. The Balaban J connectivity index is 1.97. The molecule has 0 saturated carbocycles. The Labute approximate surface area is 222 Å². The minimum Gasteiger partial charge on any atom is -0.481 e. The molecule has 0 saturated heterocycles. The normalized spacial score (nSPS) is 13.7. The van der Waals surface area contributed by atoms with Crippen molar-refractivity contribution in [3.8, 4) is 0 Å². The maximum Gasteiger partial charge on any atom is 0.338 e. The molecule has 2 heterocycles. The van der Waals surface area contributed by atoms with Gasteiger partial charge in [-0.3, -0.25) is 13.9 Å². The second-order valence-electron chi connectivity index (χ2n) is 11.2. The number of aryl methyl sites for hydroxylation is 2. The minimum absolute atomic E-state index is 0.191. The van der Waals surface area contributed by atoms with E-state index in [9.17, 15) is 19.5 Å². The van der Waals surface area contributed by atoms with Gasteiger partial charge >= 0.3 is 17.6 Å². The first kappa shape index (κ1) is 27.2. The van der Waals surface area contributed by atoms with Gasteiger partial charge in [-0.05, 0) is 83.4 Å². The fraction of sp³-hybridized carbons (Fsp3) is 0.433. The van der Waals surface area contributed by atoms with Gasteiger partial charge in [0.1, 0.15) is 5.60 Å². The summed E-state index contributed by atoms with van der Waals surface area (Å²) in [4.78, 5) is 42.1. The second kappa shape index (κ2) is 10.2. The molecular formula is C30H37N3O5. The van der Waals surface area contributed by atoms with Crippen LogP contribution in [-0.4, -0.2) is 36.8 Å². The van der Waals surface area contributed by atoms with E-state index in [1.165, 1.54) is 0 Å². The van der Waals surface area contributed by atoms with E-state index in [4.69, 9.17) is 4.74 Å². The summed E-state index contributed by atoms with van der Waals surface area (Å²) in [6.07, 6.45) is 2.97. The van der Waals surface area contributed by atoms with Gasteiger partial charge < -0.3 is 14.8 Å². The molecule has 4 rings (SSSR count). The summed E-state index contributed by atoms with van der Waals surface area (Å²) in [5.41, 5.74) is 4.74. The molecule has 2 aromatic carbocycles. The van der Waals surface area contributed by atoms with Crippen LogP contribution in [0.15, 0.2) is 41.3 Å². The molecule has 2 N–H and O–H groups in total. The number of carbonyl (C=O) groups excluding carboxylic acids is 1. The number of carbonyl (C=O) groups is 2. The van der Waals surface area contributed by atoms with Crippen molar-refractivity contribution in [1.29, 1.82) is 0 Å². The van der Waals surface area contributed by atoms with Crippen LogP contribution in [0.25, 0.3) is 21.9 Å². The minimum atomic E-state index is -0.977. The Hall–Kier alpha value is -3.81. The quantitative estimate of drug-likeness (QED) is 0.266. The summed E-state index contributed by atoms with van der Waals surface area (Å²) in [5.74, 6) is -1.47. The maximum atomic E-state index is 14.1. The zero-order chi connectivity index (χ0) is 27.9. The van der Waals surface area contributed by atoms with Crippen LogP contribution < -0.4 is 5.69 Å². The first-order chi connectivity index (χ1) is 17.8. The number of rotatable bonds is 8. The van der Waals surface area contributed by atoms with Crippen LogP contribution in [0.4, 0.5) is 0 Å². The monoisotopic (exact) mass is 519 g/mol. The number of hydrogen-bond acceptors (Lipinski definition) is 4. The molecule has 0 aliphatic carbocycles. The molecule has 0 amide bonds. The number of aromatic nitrogens is 3. The van der Waals surface area contributed by atoms with Crippen LogP contribution in [0.5, 0.6) is 0 Å². The zero-order valence-electron chi connectivity index (χ0n) is 23.2. The molecule has 2 atom stereocenters. The molecule has 8 nitrogen and oxygen atoms in total. The third-order valence-electron chi connectivity index (χ3n) is 6.93. The Morgan fingerprint density at radius 2 is 1.79 bits per heavy atom. The summed E-state index contributed by atoms with van der Waals surface area (Å²) >= 11 is 0. The topological polar surface area (TPSA) is 106 Å². The van der Waals surface area contributed by atoms with Gasteiger partial charge in [-0.1, -0.05) is 19.4 Å². The van der Waals surface area contributed by atoms with E-state index in [0.717, 1.165) is 27.6 Å². The summed E-state index contributed by atoms with van der Waals surface area (Å²) in [6.45, 7) is 13.4. The van der Waals surface area contributed by atoms with Crippen molar-refractivity contribution in [2.75, 3.05) is 0 Å². The molecule has 202 valence electrons. The molecule has 0 spiro atoms. The second-order valence-corrected chi connectivity index (χ2v) is 11.2. The fourth-order valence-electron chi connectivity index (χ4n) is 5.45. The standard InChI is InChI=1S/C30H37N3O5/c1-8-9-21(15-26(34)35)33-25-14-20(28(36)38-30(5,6)7)10-11-24(25)32(29(33)37)19(4)22-16-31-23-13-17(2)12-18(3)27(22)23/h10-14,16,19,21,31H,8-9,15H2,1-7H3,(H,34,35)/t19-,21?/m0/s1. The van der Waals surface area contributed by atoms with Gasteiger partial charge in [0.05, 0.1) is 29.1 Å². The van der Waals surface area contributed by atoms with Gasteiger partial charge in [0.15, 0.2) is 0 Å². The summed E-state index contributed by atoms with van der Waals surface area (Å²) < 4.78 is 8.84. The molecule has 0 fully saturated rings. The van der Waals surface area contributed by atoms with E-state index in [1.54, 1.807) is 48.1 Å². The smallest absolute Gasteiger partial charge is 0.338 e. The van der Waals surface area contributed by atoms with Crippen molar-refractivity contribution in [1.82, 2.24) is 14.1 Å². The Kier molecular flexibility index (Phi) is 7.28. The van der Waals surface area contributed by atoms with Crippen molar-refractivity contribution in [2.45, 2.75) is 85.4 Å². The number of H-pyrrole nitrogens is 1. The summed E-state index contributed by atoms with van der Waals surface area (Å²) in [6, 6.07) is 8.39. The SMILES string of the molecule is CCCC(CC(=O)O)n1c(=O)n([C@@H](C)c2c[nH]c3cc(C)cc(C)c23)c2ccc(C(=O)OC(C)(C)C)cc21. The highest BCUT2D eigenvalue weighted by Crippen LogP contribution is 2.33. The fourth-order valence-corrected chi connectivity index (χ4v) is 5.45. The molecule has 0 aliphatic rings. The molecule has 2 aromatic heterocycles. The summed E-state index contributed by atoms with van der Waals surface area (Å²) in [5, 5.41) is 10.7. The van der Waals surface area contributed by atoms with Gasteiger partial charge in [0.2, 0.25) is 0 Å². The van der Waals surface area contributed by atoms with Crippen molar-refractivity contribution in [2.24, 2.45) is 0 Å². The van der Waals surface area contributed by atoms with Crippen LogP contribution >= 0.6 is 0 Å². The third-order valence-corrected chi connectivity index (χ3v) is 6.93. The van der Waals surface area contributed by atoms with Gasteiger partial charge in [0, 0.05) is 28.7 Å². The van der Waals surface area contributed by atoms with Crippen molar-refractivity contribution >= 4 is 33.9 Å². The number of nitrogens with one attached hydrogen (secondary N) is 1. The van der Waals surface area contributed by atoms with Gasteiger partial charge in [-0.15, -0.1) is 0 Å². The molecule has 8 heteroatoms. The number of nitrogens with zero attached hydrogens (tertiary/aromatic N) is 2. The average Bonchev–Trinajstić information content (AvgIpc) is 3.35. The number of imidazole rings is 1. The zero-order valence-corrected chi connectivity index (χ0v) is 23.2. The lowest BCUT2D eigenvalue weighted by atomic mass is 10.0. The lowest BCUT2D eigenvalue weighted by Crippen LogP contribution is -2.30. The van der Waals surface area contributed by atoms with Crippen LogP contribution in [0.1, 0.15) is 93.0 Å². The highest BCUT2D eigenvalue weighted by Gasteiger charge is 2.27. The Bertz CT molecular complexity index is 1580. The number of fused-ring (bicyclic) bond motifs is 2. The predicted molar refractivity (Wildman–Crippen MR) is 149 cm³/mol. The molecule has 0 aliphatic heterocycles. The number of carboxylic acid groups (broad SMARTS) is 1. The number of aliphatic carboxylic acids is 1. The number of benzene rings is 2. The van der Waals surface area contributed by atoms with Crippen LogP contribution in [0, 0.1) is 13.8 Å². The van der Waals surface area contributed by atoms with E-state index in [0.29, 0.717) is 29.4 Å². The average molecular weight is 520 g/mol. The van der Waals surface area contributed by atoms with Crippen LogP contribution in [0.2, 0.25) is 0 Å². The van der Waals surface area contributed by atoms with E-state index in [-0.39, 0.29) is 18.2 Å². The van der Waals surface area contributed by atoms with Crippen LogP contribution in [-0.2, 0) is 9.53 Å². The molecule has 1 unspecified atom stereocenters. The highest BCUT2D eigenvalue weighted by molar-refractivity contribution is 5.94. The Morgan fingerprint density at radius 1 is 1.08 bits per heavy atom. The van der Waals surface area contributed by atoms with Gasteiger partial charge in [0.25, 0.3) is 0 Å². The third kappa shape index (κ3) is 5.12. The number of carboxylic acids is 1. The largest absolute Gasteiger partial charge is 0.481 e. The molecular weight excluding hydrogens is 482 g/mol. The van der Waals surface area contributed by atoms with E-state index < -0.39 is 23.6 Å². The van der Waals surface area contributed by atoms with E-state index in [2.05, 4.69) is 24.0 Å².